The van der Waals surface area contributed by atoms with Gasteiger partial charge < -0.3 is 10.8 Å². The van der Waals surface area contributed by atoms with Gasteiger partial charge in [-0.25, -0.2) is 0 Å². The fraction of sp³-hybridized carbons (Fsp3) is 0.333. The summed E-state index contributed by atoms with van der Waals surface area (Å²) in [7, 11) is 0. The molecular formula is C9H12BrNO. The lowest BCUT2D eigenvalue weighted by molar-refractivity contribution is 0.198. The minimum atomic E-state index is -0.439. The van der Waals surface area contributed by atoms with Gasteiger partial charge in [0.05, 0.1) is 6.10 Å². The number of aliphatic hydroxyl groups is 1. The van der Waals surface area contributed by atoms with E-state index >= 15 is 0 Å². The lowest BCUT2D eigenvalue weighted by Crippen LogP contribution is -1.98. The van der Waals surface area contributed by atoms with Crippen LogP contribution in [0.2, 0.25) is 0 Å². The Morgan fingerprint density at radius 2 is 2.25 bits per heavy atom. The van der Waals surface area contributed by atoms with Crippen molar-refractivity contribution in [3.8, 4) is 0 Å². The number of hydrogen-bond donors (Lipinski definition) is 2. The van der Waals surface area contributed by atoms with E-state index in [0.29, 0.717) is 6.54 Å². The molecule has 0 radical (unpaired) electrons. The van der Waals surface area contributed by atoms with Crippen LogP contribution in [0, 0.1) is 0 Å². The predicted octanol–water partition coefficient (Wildman–Crippen LogP) is 1.96. The van der Waals surface area contributed by atoms with Crippen molar-refractivity contribution in [1.82, 2.24) is 0 Å². The van der Waals surface area contributed by atoms with Crippen LogP contribution in [0.5, 0.6) is 0 Å². The first-order valence-electron chi connectivity index (χ1n) is 3.81. The van der Waals surface area contributed by atoms with E-state index < -0.39 is 6.10 Å². The van der Waals surface area contributed by atoms with Gasteiger partial charge in [0.2, 0.25) is 0 Å². The Morgan fingerprint density at radius 3 is 2.67 bits per heavy atom. The van der Waals surface area contributed by atoms with Crippen LogP contribution in [0.15, 0.2) is 22.7 Å². The van der Waals surface area contributed by atoms with E-state index in [9.17, 15) is 5.11 Å². The highest BCUT2D eigenvalue weighted by atomic mass is 79.9. The van der Waals surface area contributed by atoms with Crippen LogP contribution in [0.4, 0.5) is 0 Å². The van der Waals surface area contributed by atoms with E-state index in [-0.39, 0.29) is 0 Å². The summed E-state index contributed by atoms with van der Waals surface area (Å²) < 4.78 is 0.917. The predicted molar refractivity (Wildman–Crippen MR) is 52.7 cm³/mol. The molecule has 0 aromatic heterocycles. The molecule has 0 unspecified atom stereocenters. The molecule has 3 N–H and O–H groups in total. The first-order valence-corrected chi connectivity index (χ1v) is 4.61. The number of halogens is 1. The summed E-state index contributed by atoms with van der Waals surface area (Å²) in [6, 6.07) is 5.74. The summed E-state index contributed by atoms with van der Waals surface area (Å²) in [5.41, 5.74) is 7.42. The summed E-state index contributed by atoms with van der Waals surface area (Å²) in [6.07, 6.45) is -0.439. The Labute approximate surface area is 80.5 Å². The van der Waals surface area contributed by atoms with Crippen LogP contribution in [0.25, 0.3) is 0 Å². The second-order valence-corrected chi connectivity index (χ2v) is 3.59. The lowest BCUT2D eigenvalue weighted by atomic mass is 10.1. The molecule has 66 valence electrons. The van der Waals surface area contributed by atoms with Gasteiger partial charge in [-0.3, -0.25) is 0 Å². The van der Waals surface area contributed by atoms with E-state index in [2.05, 4.69) is 15.9 Å². The Balaban J connectivity index is 3.03. The summed E-state index contributed by atoms with van der Waals surface area (Å²) in [5, 5.41) is 9.31. The number of rotatable bonds is 2. The van der Waals surface area contributed by atoms with Gasteiger partial charge in [0.1, 0.15) is 0 Å². The highest BCUT2D eigenvalue weighted by Gasteiger charge is 2.05. The quantitative estimate of drug-likeness (QED) is 0.815. The van der Waals surface area contributed by atoms with Crippen LogP contribution in [-0.4, -0.2) is 5.11 Å². The molecule has 0 aliphatic carbocycles. The van der Waals surface area contributed by atoms with Crippen molar-refractivity contribution in [2.24, 2.45) is 5.73 Å². The monoisotopic (exact) mass is 229 g/mol. The second kappa shape index (κ2) is 4.03. The van der Waals surface area contributed by atoms with Gasteiger partial charge in [0.15, 0.2) is 0 Å². The van der Waals surface area contributed by atoms with Gasteiger partial charge in [-0.15, -0.1) is 0 Å². The van der Waals surface area contributed by atoms with Crippen molar-refractivity contribution >= 4 is 15.9 Å². The molecule has 0 heterocycles. The smallest absolute Gasteiger partial charge is 0.0772 e. The average molecular weight is 230 g/mol. The molecule has 0 aliphatic heterocycles. The van der Waals surface area contributed by atoms with Gasteiger partial charge in [-0.05, 0) is 24.1 Å². The van der Waals surface area contributed by atoms with Crippen LogP contribution >= 0.6 is 15.9 Å². The van der Waals surface area contributed by atoms with Crippen LogP contribution in [-0.2, 0) is 6.54 Å². The van der Waals surface area contributed by atoms with Crippen molar-refractivity contribution in [2.75, 3.05) is 0 Å². The van der Waals surface area contributed by atoms with Gasteiger partial charge in [-0.1, -0.05) is 28.1 Å². The third-order valence-corrected chi connectivity index (χ3v) is 2.44. The first-order chi connectivity index (χ1) is 5.65. The zero-order valence-corrected chi connectivity index (χ0v) is 8.51. The third-order valence-electron chi connectivity index (χ3n) is 1.75. The SMILES string of the molecule is C[C@@H](O)c1ccc(CN)cc1Br. The fourth-order valence-electron chi connectivity index (χ4n) is 1.04. The first kappa shape index (κ1) is 9.71. The lowest BCUT2D eigenvalue weighted by Gasteiger charge is -2.08. The largest absolute Gasteiger partial charge is 0.389 e. The van der Waals surface area contributed by atoms with Crippen molar-refractivity contribution in [2.45, 2.75) is 19.6 Å². The molecule has 1 aromatic carbocycles. The molecule has 3 heteroatoms. The highest BCUT2D eigenvalue weighted by molar-refractivity contribution is 9.10. The van der Waals surface area contributed by atoms with Gasteiger partial charge in [0, 0.05) is 11.0 Å². The molecule has 0 amide bonds. The zero-order chi connectivity index (χ0) is 9.14. The fourth-order valence-corrected chi connectivity index (χ4v) is 1.79. The van der Waals surface area contributed by atoms with E-state index in [0.717, 1.165) is 15.6 Å². The van der Waals surface area contributed by atoms with Crippen molar-refractivity contribution < 1.29 is 5.11 Å². The number of hydrogen-bond acceptors (Lipinski definition) is 2. The molecule has 1 atom stereocenters. The minimum absolute atomic E-state index is 0.439. The molecule has 12 heavy (non-hydrogen) atoms. The zero-order valence-electron chi connectivity index (χ0n) is 6.92. The maximum atomic E-state index is 9.31. The molecule has 1 rings (SSSR count). The number of benzene rings is 1. The number of aliphatic hydroxyl groups excluding tert-OH is 1. The van der Waals surface area contributed by atoms with E-state index in [4.69, 9.17) is 5.73 Å². The summed E-state index contributed by atoms with van der Waals surface area (Å²) >= 11 is 3.37. The molecule has 0 saturated heterocycles. The molecule has 0 saturated carbocycles. The van der Waals surface area contributed by atoms with Gasteiger partial charge in [0.25, 0.3) is 0 Å². The van der Waals surface area contributed by atoms with Crippen LogP contribution in [0.1, 0.15) is 24.2 Å². The normalized spacial score (nSPS) is 13.0. The van der Waals surface area contributed by atoms with E-state index in [1.807, 2.05) is 18.2 Å². The number of nitrogens with two attached hydrogens (primary N) is 1. The maximum Gasteiger partial charge on any atom is 0.0772 e. The summed E-state index contributed by atoms with van der Waals surface area (Å²) in [5.74, 6) is 0. The average Bonchev–Trinajstić information content (AvgIpc) is 2.03. The summed E-state index contributed by atoms with van der Waals surface area (Å²) in [6.45, 7) is 2.26. The Hall–Kier alpha value is -0.380. The molecule has 0 fully saturated rings. The summed E-state index contributed by atoms with van der Waals surface area (Å²) in [4.78, 5) is 0. The van der Waals surface area contributed by atoms with Crippen molar-refractivity contribution in [3.05, 3.63) is 33.8 Å². The Morgan fingerprint density at radius 1 is 1.58 bits per heavy atom. The highest BCUT2D eigenvalue weighted by Crippen LogP contribution is 2.24. The van der Waals surface area contributed by atoms with Crippen LogP contribution < -0.4 is 5.73 Å². The molecule has 1 aromatic rings. The maximum absolute atomic E-state index is 9.31. The van der Waals surface area contributed by atoms with Gasteiger partial charge >= 0.3 is 0 Å². The third kappa shape index (κ3) is 2.06. The van der Waals surface area contributed by atoms with Gasteiger partial charge in [-0.2, -0.15) is 0 Å². The molecule has 2 nitrogen and oxygen atoms in total. The topological polar surface area (TPSA) is 46.2 Å². The standard InChI is InChI=1S/C9H12BrNO/c1-6(12)8-3-2-7(5-11)4-9(8)10/h2-4,6,12H,5,11H2,1H3/t6-/m1/s1. The second-order valence-electron chi connectivity index (χ2n) is 2.74. The Bertz CT molecular complexity index is 273. The Kier molecular flexibility index (Phi) is 3.26. The van der Waals surface area contributed by atoms with E-state index in [1.54, 1.807) is 6.92 Å². The minimum Gasteiger partial charge on any atom is -0.389 e. The van der Waals surface area contributed by atoms with Crippen LogP contribution in [0.3, 0.4) is 0 Å². The van der Waals surface area contributed by atoms with Crippen molar-refractivity contribution in [1.29, 1.82) is 0 Å². The van der Waals surface area contributed by atoms with E-state index in [1.165, 1.54) is 0 Å². The molecule has 0 spiro atoms. The van der Waals surface area contributed by atoms with Crippen molar-refractivity contribution in [3.63, 3.8) is 0 Å². The molecule has 0 aliphatic rings. The molecular weight excluding hydrogens is 218 g/mol. The molecule has 0 bridgehead atoms.